The average Bonchev–Trinajstić information content (AvgIpc) is 2.66. The lowest BCUT2D eigenvalue weighted by molar-refractivity contribution is -0.384. The molecule has 0 fully saturated rings. The number of rotatable bonds is 7. The summed E-state index contributed by atoms with van der Waals surface area (Å²) in [6, 6.07) is 12.9. The molecule has 0 aliphatic rings. The molecule has 142 valence electrons. The summed E-state index contributed by atoms with van der Waals surface area (Å²) in [6.07, 6.45) is 0. The summed E-state index contributed by atoms with van der Waals surface area (Å²) in [6.45, 7) is -0.0608. The molecule has 2 aromatic carbocycles. The van der Waals surface area contributed by atoms with E-state index in [1.807, 2.05) is 43.3 Å². The molecule has 0 atom stereocenters. The maximum atomic E-state index is 12.2. The Morgan fingerprint density at radius 1 is 1.07 bits per heavy atom. The van der Waals surface area contributed by atoms with Crippen molar-refractivity contribution < 1.29 is 19.2 Å². The largest absolute Gasteiger partial charge is 0.452 e. The summed E-state index contributed by atoms with van der Waals surface area (Å²) in [4.78, 5) is 37.7. The van der Waals surface area contributed by atoms with Crippen molar-refractivity contribution in [1.82, 2.24) is 4.90 Å². The van der Waals surface area contributed by atoms with Gasteiger partial charge in [-0.2, -0.15) is 0 Å². The van der Waals surface area contributed by atoms with Gasteiger partial charge in [0.2, 0.25) is 0 Å². The zero-order chi connectivity index (χ0) is 20.0. The monoisotopic (exact) mass is 371 g/mol. The molecule has 2 rings (SSSR count). The lowest BCUT2D eigenvalue weighted by atomic mass is 10.2. The maximum Gasteiger partial charge on any atom is 0.338 e. The predicted octanol–water partition coefficient (Wildman–Crippen LogP) is 2.48. The number of amides is 1. The first-order chi connectivity index (χ1) is 12.8. The first-order valence-corrected chi connectivity index (χ1v) is 8.19. The number of anilines is 1. The third-order valence-electron chi connectivity index (χ3n) is 3.92. The van der Waals surface area contributed by atoms with Gasteiger partial charge in [-0.25, -0.2) is 4.79 Å². The van der Waals surface area contributed by atoms with E-state index in [-0.39, 0.29) is 17.2 Å². The molecule has 0 saturated carbocycles. The number of ether oxygens (including phenoxy) is 1. The molecule has 0 aliphatic heterocycles. The van der Waals surface area contributed by atoms with E-state index in [9.17, 15) is 19.7 Å². The Balaban J connectivity index is 1.89. The van der Waals surface area contributed by atoms with Gasteiger partial charge in [-0.05, 0) is 23.8 Å². The highest BCUT2D eigenvalue weighted by Crippen LogP contribution is 2.15. The standard InChI is InChI=1S/C19H21N3O5/c1-20(2)16-9-7-14(8-10-16)12-21(3)18(23)13-27-19(24)15-5-4-6-17(11-15)22(25)26/h4-11H,12-13H2,1-3H3. The summed E-state index contributed by atoms with van der Waals surface area (Å²) in [5, 5.41) is 10.8. The van der Waals surface area contributed by atoms with E-state index in [2.05, 4.69) is 0 Å². The van der Waals surface area contributed by atoms with Gasteiger partial charge >= 0.3 is 5.97 Å². The van der Waals surface area contributed by atoms with E-state index in [0.717, 1.165) is 17.3 Å². The number of hydrogen-bond acceptors (Lipinski definition) is 6. The highest BCUT2D eigenvalue weighted by molar-refractivity contribution is 5.91. The second-order valence-corrected chi connectivity index (χ2v) is 6.19. The highest BCUT2D eigenvalue weighted by atomic mass is 16.6. The highest BCUT2D eigenvalue weighted by Gasteiger charge is 2.16. The quantitative estimate of drug-likeness (QED) is 0.422. The number of likely N-dealkylation sites (N-methyl/N-ethyl adjacent to an activating group) is 1. The van der Waals surface area contributed by atoms with Crippen LogP contribution in [0.2, 0.25) is 0 Å². The van der Waals surface area contributed by atoms with Gasteiger partial charge in [0, 0.05) is 45.5 Å². The second-order valence-electron chi connectivity index (χ2n) is 6.19. The number of nitro groups is 1. The van der Waals surface area contributed by atoms with Gasteiger partial charge in [-0.15, -0.1) is 0 Å². The SMILES string of the molecule is CN(Cc1ccc(N(C)C)cc1)C(=O)COC(=O)c1cccc([N+](=O)[O-])c1. The second kappa shape index (κ2) is 8.79. The Morgan fingerprint density at radius 3 is 2.33 bits per heavy atom. The molecule has 0 radical (unpaired) electrons. The minimum atomic E-state index is -0.782. The van der Waals surface area contributed by atoms with Gasteiger partial charge in [0.05, 0.1) is 10.5 Å². The molecule has 0 spiro atoms. The number of non-ortho nitro benzene ring substituents is 1. The molecule has 0 aliphatic carbocycles. The van der Waals surface area contributed by atoms with Crippen LogP contribution < -0.4 is 4.90 Å². The molecule has 0 bridgehead atoms. The topological polar surface area (TPSA) is 93.0 Å². The van der Waals surface area contributed by atoms with Crippen molar-refractivity contribution in [3.8, 4) is 0 Å². The van der Waals surface area contributed by atoms with Crippen LogP contribution in [0.4, 0.5) is 11.4 Å². The molecule has 0 heterocycles. The van der Waals surface area contributed by atoms with E-state index in [1.165, 1.54) is 23.1 Å². The van der Waals surface area contributed by atoms with Crippen LogP contribution >= 0.6 is 0 Å². The molecular weight excluding hydrogens is 350 g/mol. The van der Waals surface area contributed by atoms with Gasteiger partial charge in [-0.1, -0.05) is 18.2 Å². The van der Waals surface area contributed by atoms with Crippen molar-refractivity contribution in [3.05, 3.63) is 69.8 Å². The summed E-state index contributed by atoms with van der Waals surface area (Å²) in [5.41, 5.74) is 1.81. The smallest absolute Gasteiger partial charge is 0.338 e. The number of nitrogens with zero attached hydrogens (tertiary/aromatic N) is 3. The van der Waals surface area contributed by atoms with Crippen molar-refractivity contribution in [2.45, 2.75) is 6.54 Å². The van der Waals surface area contributed by atoms with Gasteiger partial charge in [0.25, 0.3) is 11.6 Å². The fourth-order valence-electron chi connectivity index (χ4n) is 2.33. The Labute approximate surface area is 157 Å². The van der Waals surface area contributed by atoms with E-state index in [0.29, 0.717) is 6.54 Å². The number of esters is 1. The van der Waals surface area contributed by atoms with Gasteiger partial charge in [0.15, 0.2) is 6.61 Å². The number of carbonyl (C=O) groups is 2. The summed E-state index contributed by atoms with van der Waals surface area (Å²) in [5.74, 6) is -1.15. The first-order valence-electron chi connectivity index (χ1n) is 8.19. The van der Waals surface area contributed by atoms with Crippen molar-refractivity contribution in [3.63, 3.8) is 0 Å². The van der Waals surface area contributed by atoms with E-state index in [1.54, 1.807) is 7.05 Å². The number of hydrogen-bond donors (Lipinski definition) is 0. The molecule has 0 unspecified atom stereocenters. The van der Waals surface area contributed by atoms with Crippen molar-refractivity contribution in [2.24, 2.45) is 0 Å². The Morgan fingerprint density at radius 2 is 1.74 bits per heavy atom. The maximum absolute atomic E-state index is 12.2. The fraction of sp³-hybridized carbons (Fsp3) is 0.263. The van der Waals surface area contributed by atoms with Crippen molar-refractivity contribution >= 4 is 23.3 Å². The average molecular weight is 371 g/mol. The summed E-state index contributed by atoms with van der Waals surface area (Å²) in [7, 11) is 5.50. The van der Waals surface area contributed by atoms with Gasteiger partial charge in [-0.3, -0.25) is 14.9 Å². The number of nitro benzene ring substituents is 1. The fourth-order valence-corrected chi connectivity index (χ4v) is 2.33. The lowest BCUT2D eigenvalue weighted by Gasteiger charge is -2.18. The van der Waals surface area contributed by atoms with Crippen LogP contribution in [0.3, 0.4) is 0 Å². The predicted molar refractivity (Wildman–Crippen MR) is 101 cm³/mol. The van der Waals surface area contributed by atoms with Crippen LogP contribution in [0.5, 0.6) is 0 Å². The summed E-state index contributed by atoms with van der Waals surface area (Å²) < 4.78 is 4.97. The lowest BCUT2D eigenvalue weighted by Crippen LogP contribution is -2.30. The van der Waals surface area contributed by atoms with Gasteiger partial charge in [0.1, 0.15) is 0 Å². The van der Waals surface area contributed by atoms with Crippen molar-refractivity contribution in [1.29, 1.82) is 0 Å². The van der Waals surface area contributed by atoms with Crippen LogP contribution in [-0.4, -0.2) is 49.4 Å². The third kappa shape index (κ3) is 5.53. The Kier molecular flexibility index (Phi) is 6.48. The normalized spacial score (nSPS) is 10.2. The molecule has 2 aromatic rings. The Bertz CT molecular complexity index is 833. The van der Waals surface area contributed by atoms with E-state index in [4.69, 9.17) is 4.74 Å². The minimum Gasteiger partial charge on any atom is -0.452 e. The first kappa shape index (κ1) is 19.9. The van der Waals surface area contributed by atoms with Crippen LogP contribution in [0.25, 0.3) is 0 Å². The van der Waals surface area contributed by atoms with Crippen LogP contribution in [0.15, 0.2) is 48.5 Å². The number of benzene rings is 2. The molecule has 0 N–H and O–H groups in total. The van der Waals surface area contributed by atoms with Crippen LogP contribution in [0, 0.1) is 10.1 Å². The van der Waals surface area contributed by atoms with E-state index < -0.39 is 17.5 Å². The third-order valence-corrected chi connectivity index (χ3v) is 3.92. The zero-order valence-corrected chi connectivity index (χ0v) is 15.4. The van der Waals surface area contributed by atoms with Gasteiger partial charge < -0.3 is 14.5 Å². The van der Waals surface area contributed by atoms with E-state index >= 15 is 0 Å². The van der Waals surface area contributed by atoms with Crippen molar-refractivity contribution in [2.75, 3.05) is 32.6 Å². The van der Waals surface area contributed by atoms with Crippen LogP contribution in [0.1, 0.15) is 15.9 Å². The molecule has 27 heavy (non-hydrogen) atoms. The molecule has 8 nitrogen and oxygen atoms in total. The summed E-state index contributed by atoms with van der Waals surface area (Å²) >= 11 is 0. The molecule has 1 amide bonds. The van der Waals surface area contributed by atoms with Crippen LogP contribution in [-0.2, 0) is 16.1 Å². The minimum absolute atomic E-state index is 0.0268. The molecular formula is C19H21N3O5. The zero-order valence-electron chi connectivity index (χ0n) is 15.4. The number of carbonyl (C=O) groups excluding carboxylic acids is 2. The Hall–Kier alpha value is -3.42. The molecule has 0 aromatic heterocycles. The molecule has 8 heteroatoms. The molecule has 0 saturated heterocycles.